The standard InChI is InChI=1S/C9H11F2N3O3/c10-8(11)6-17-4-3-12-7-1-2-9(13-5-7)14(15)16/h1-2,5,8,12H,3-4,6H2. The molecule has 1 aromatic heterocycles. The van der Waals surface area contributed by atoms with Crippen molar-refractivity contribution in [2.24, 2.45) is 0 Å². The van der Waals surface area contributed by atoms with Crippen LogP contribution in [0.3, 0.4) is 0 Å². The summed E-state index contributed by atoms with van der Waals surface area (Å²) in [5.74, 6) is -0.246. The van der Waals surface area contributed by atoms with Crippen molar-refractivity contribution < 1.29 is 18.4 Å². The maximum atomic E-state index is 11.7. The predicted molar refractivity (Wildman–Crippen MR) is 56.2 cm³/mol. The Balaban J connectivity index is 2.25. The van der Waals surface area contributed by atoms with Crippen molar-refractivity contribution >= 4 is 11.5 Å². The average Bonchev–Trinajstić information content (AvgIpc) is 2.29. The van der Waals surface area contributed by atoms with Crippen LogP contribution >= 0.6 is 0 Å². The van der Waals surface area contributed by atoms with E-state index >= 15 is 0 Å². The third-order valence-electron chi connectivity index (χ3n) is 1.75. The monoisotopic (exact) mass is 247 g/mol. The number of nitrogens with zero attached hydrogens (tertiary/aromatic N) is 2. The number of nitrogens with one attached hydrogen (secondary N) is 1. The molecule has 0 aliphatic rings. The van der Waals surface area contributed by atoms with Crippen LogP contribution in [0, 0.1) is 10.1 Å². The van der Waals surface area contributed by atoms with Crippen molar-refractivity contribution in [2.45, 2.75) is 6.43 Å². The van der Waals surface area contributed by atoms with E-state index in [1.165, 1.54) is 18.3 Å². The van der Waals surface area contributed by atoms with Gasteiger partial charge in [0.25, 0.3) is 6.43 Å². The molecule has 0 spiro atoms. The second-order valence-corrected chi connectivity index (χ2v) is 3.05. The van der Waals surface area contributed by atoms with E-state index in [4.69, 9.17) is 0 Å². The second kappa shape index (κ2) is 6.69. The number of alkyl halides is 2. The molecule has 0 atom stereocenters. The van der Waals surface area contributed by atoms with E-state index in [9.17, 15) is 18.9 Å². The largest absolute Gasteiger partial charge is 0.380 e. The molecule has 0 amide bonds. The number of nitro groups is 1. The van der Waals surface area contributed by atoms with Gasteiger partial charge in [0.15, 0.2) is 6.20 Å². The molecular weight excluding hydrogens is 236 g/mol. The van der Waals surface area contributed by atoms with E-state index in [-0.39, 0.29) is 12.4 Å². The quantitative estimate of drug-likeness (QED) is 0.450. The van der Waals surface area contributed by atoms with Gasteiger partial charge in [-0.2, -0.15) is 0 Å². The number of ether oxygens (including phenoxy) is 1. The minimum Gasteiger partial charge on any atom is -0.380 e. The molecule has 17 heavy (non-hydrogen) atoms. The Labute approximate surface area is 95.8 Å². The van der Waals surface area contributed by atoms with Crippen molar-refractivity contribution in [1.29, 1.82) is 0 Å². The summed E-state index contributed by atoms with van der Waals surface area (Å²) in [6, 6.07) is 2.74. The molecule has 94 valence electrons. The molecule has 0 aromatic carbocycles. The Morgan fingerprint density at radius 3 is 2.82 bits per heavy atom. The Morgan fingerprint density at radius 2 is 2.29 bits per heavy atom. The number of rotatable bonds is 7. The lowest BCUT2D eigenvalue weighted by molar-refractivity contribution is -0.389. The van der Waals surface area contributed by atoms with Crippen molar-refractivity contribution in [2.75, 3.05) is 25.1 Å². The summed E-state index contributed by atoms with van der Waals surface area (Å²) in [5.41, 5.74) is 0.566. The molecule has 0 unspecified atom stereocenters. The zero-order valence-corrected chi connectivity index (χ0v) is 8.81. The minimum absolute atomic E-state index is 0.126. The predicted octanol–water partition coefficient (Wildman–Crippen LogP) is 1.68. The molecule has 0 radical (unpaired) electrons. The van der Waals surface area contributed by atoms with Gasteiger partial charge in [0.2, 0.25) is 0 Å². The molecule has 1 aromatic rings. The third-order valence-corrected chi connectivity index (χ3v) is 1.75. The molecule has 0 fully saturated rings. The van der Waals surface area contributed by atoms with E-state index < -0.39 is 18.0 Å². The van der Waals surface area contributed by atoms with Gasteiger partial charge >= 0.3 is 5.82 Å². The van der Waals surface area contributed by atoms with Gasteiger partial charge in [0.05, 0.1) is 12.3 Å². The highest BCUT2D eigenvalue weighted by atomic mass is 19.3. The van der Waals surface area contributed by atoms with Crippen LogP contribution in [0.2, 0.25) is 0 Å². The number of anilines is 1. The van der Waals surface area contributed by atoms with E-state index in [2.05, 4.69) is 15.0 Å². The van der Waals surface area contributed by atoms with Crippen molar-refractivity contribution in [3.63, 3.8) is 0 Å². The fourth-order valence-electron chi connectivity index (χ4n) is 1.04. The lowest BCUT2D eigenvalue weighted by atomic mass is 10.4. The highest BCUT2D eigenvalue weighted by molar-refractivity contribution is 5.43. The molecule has 1 rings (SSSR count). The lowest BCUT2D eigenvalue weighted by Gasteiger charge is -2.05. The van der Waals surface area contributed by atoms with E-state index in [1.807, 2.05) is 0 Å². The van der Waals surface area contributed by atoms with Gasteiger partial charge in [-0.1, -0.05) is 0 Å². The van der Waals surface area contributed by atoms with E-state index in [0.717, 1.165) is 0 Å². The van der Waals surface area contributed by atoms with Crippen LogP contribution in [0.25, 0.3) is 0 Å². The highest BCUT2D eigenvalue weighted by Crippen LogP contribution is 2.10. The summed E-state index contributed by atoms with van der Waals surface area (Å²) in [7, 11) is 0. The molecule has 0 bridgehead atoms. The minimum atomic E-state index is -2.48. The van der Waals surface area contributed by atoms with Crippen molar-refractivity contribution in [3.05, 3.63) is 28.4 Å². The van der Waals surface area contributed by atoms with Gasteiger partial charge in [-0.05, 0) is 16.0 Å². The zero-order chi connectivity index (χ0) is 12.7. The number of hydrogen-bond donors (Lipinski definition) is 1. The molecule has 0 aliphatic heterocycles. The average molecular weight is 247 g/mol. The van der Waals surface area contributed by atoms with Crippen LogP contribution in [0.1, 0.15) is 0 Å². The smallest absolute Gasteiger partial charge is 0.363 e. The van der Waals surface area contributed by atoms with Crippen LogP contribution in [-0.2, 0) is 4.74 Å². The normalized spacial score (nSPS) is 10.5. The van der Waals surface area contributed by atoms with Crippen LogP contribution in [0.5, 0.6) is 0 Å². The van der Waals surface area contributed by atoms with Crippen LogP contribution < -0.4 is 5.32 Å². The fourth-order valence-corrected chi connectivity index (χ4v) is 1.04. The SMILES string of the molecule is O=[N+]([O-])c1ccc(NCCOCC(F)F)cn1. The van der Waals surface area contributed by atoms with Gasteiger partial charge in [-0.3, -0.25) is 0 Å². The first-order valence-electron chi connectivity index (χ1n) is 4.80. The Bertz CT molecular complexity index is 359. The Hall–Kier alpha value is -1.83. The molecule has 1 heterocycles. The number of halogens is 2. The number of hydrogen-bond acceptors (Lipinski definition) is 5. The Morgan fingerprint density at radius 1 is 1.53 bits per heavy atom. The molecule has 0 aliphatic carbocycles. The summed E-state index contributed by atoms with van der Waals surface area (Å²) in [6.45, 7) is -0.145. The summed E-state index contributed by atoms with van der Waals surface area (Å²) >= 11 is 0. The molecular formula is C9H11F2N3O3. The molecule has 6 nitrogen and oxygen atoms in total. The van der Waals surface area contributed by atoms with E-state index in [0.29, 0.717) is 12.2 Å². The molecule has 0 saturated carbocycles. The Kier molecular flexibility index (Phi) is 5.21. The highest BCUT2D eigenvalue weighted by Gasteiger charge is 2.05. The maximum Gasteiger partial charge on any atom is 0.363 e. The molecule has 1 N–H and O–H groups in total. The van der Waals surface area contributed by atoms with Crippen molar-refractivity contribution in [3.8, 4) is 0 Å². The van der Waals surface area contributed by atoms with Crippen LogP contribution in [0.4, 0.5) is 20.3 Å². The second-order valence-electron chi connectivity index (χ2n) is 3.05. The summed E-state index contributed by atoms with van der Waals surface area (Å²) in [4.78, 5) is 13.3. The number of pyridine rings is 1. The lowest BCUT2D eigenvalue weighted by Crippen LogP contribution is -2.13. The van der Waals surface area contributed by atoms with Crippen LogP contribution in [0.15, 0.2) is 18.3 Å². The van der Waals surface area contributed by atoms with E-state index in [1.54, 1.807) is 0 Å². The van der Waals surface area contributed by atoms with Gasteiger partial charge in [-0.25, -0.2) is 8.78 Å². The van der Waals surface area contributed by atoms with Gasteiger partial charge < -0.3 is 20.2 Å². The molecule has 0 saturated heterocycles. The molecule has 8 heteroatoms. The van der Waals surface area contributed by atoms with Gasteiger partial charge in [0.1, 0.15) is 6.61 Å². The number of aromatic nitrogens is 1. The first-order chi connectivity index (χ1) is 8.09. The third kappa shape index (κ3) is 5.16. The summed E-state index contributed by atoms with van der Waals surface area (Å²) in [5, 5.41) is 13.1. The topological polar surface area (TPSA) is 77.3 Å². The van der Waals surface area contributed by atoms with Gasteiger partial charge in [-0.15, -0.1) is 0 Å². The van der Waals surface area contributed by atoms with Crippen molar-refractivity contribution in [1.82, 2.24) is 4.98 Å². The summed E-state index contributed by atoms with van der Waals surface area (Å²) < 4.78 is 28.0. The first-order valence-corrected chi connectivity index (χ1v) is 4.80. The maximum absolute atomic E-state index is 11.7. The van der Waals surface area contributed by atoms with Gasteiger partial charge in [0, 0.05) is 12.6 Å². The first kappa shape index (κ1) is 13.2. The summed E-state index contributed by atoms with van der Waals surface area (Å²) in [6.07, 6.45) is -1.18. The fraction of sp³-hybridized carbons (Fsp3) is 0.444. The zero-order valence-electron chi connectivity index (χ0n) is 8.81. The van der Waals surface area contributed by atoms with Crippen LogP contribution in [-0.4, -0.2) is 36.1 Å².